The van der Waals surface area contributed by atoms with E-state index < -0.39 is 17.2 Å². The molecule has 0 aliphatic rings. The molecule has 2 amide bonds. The van der Waals surface area contributed by atoms with E-state index in [1.165, 1.54) is 0 Å². The third-order valence-electron chi connectivity index (χ3n) is 1.82. The molecule has 1 rings (SSSR count). The average Bonchev–Trinajstić information content (AvgIpc) is 2.27. The normalized spacial score (nSPS) is 11.9. The maximum absolute atomic E-state index is 11.4. The van der Waals surface area contributed by atoms with Gasteiger partial charge in [-0.05, 0) is 5.56 Å². The van der Waals surface area contributed by atoms with Crippen LogP contribution < -0.4 is 0 Å². The Morgan fingerprint density at radius 2 is 1.87 bits per heavy atom. The lowest BCUT2D eigenvalue weighted by molar-refractivity contribution is -0.177. The molecule has 80 valence electrons. The van der Waals surface area contributed by atoms with Crippen molar-refractivity contribution in [2.45, 2.75) is 12.3 Å². The van der Waals surface area contributed by atoms with Crippen LogP contribution in [0.4, 0.5) is 0 Å². The molecule has 1 atom stereocenters. The van der Waals surface area contributed by atoms with Gasteiger partial charge in [0, 0.05) is 6.92 Å². The summed E-state index contributed by atoms with van der Waals surface area (Å²) < 4.78 is 0. The minimum atomic E-state index is -1.06. The minimum Gasteiger partial charge on any atom is -0.278 e. The van der Waals surface area contributed by atoms with Crippen molar-refractivity contribution < 1.29 is 14.8 Å². The summed E-state index contributed by atoms with van der Waals surface area (Å²) in [6.45, 7) is 1.08. The molecular formula is C10H10ClNO3. The highest BCUT2D eigenvalue weighted by Crippen LogP contribution is 2.21. The highest BCUT2D eigenvalue weighted by Gasteiger charge is 2.25. The molecular weight excluding hydrogens is 218 g/mol. The molecule has 0 saturated heterocycles. The molecule has 5 heteroatoms. The van der Waals surface area contributed by atoms with Crippen molar-refractivity contribution in [1.82, 2.24) is 5.06 Å². The Labute approximate surface area is 92.0 Å². The molecule has 1 aromatic carbocycles. The summed E-state index contributed by atoms with van der Waals surface area (Å²) in [5.41, 5.74) is 0.532. The molecule has 0 aliphatic carbocycles. The molecule has 0 bridgehead atoms. The Morgan fingerprint density at radius 1 is 1.33 bits per heavy atom. The Balaban J connectivity index is 2.82. The van der Waals surface area contributed by atoms with Crippen LogP contribution in [0.15, 0.2) is 30.3 Å². The summed E-state index contributed by atoms with van der Waals surface area (Å²) in [7, 11) is 0. The monoisotopic (exact) mass is 227 g/mol. The number of hydrogen-bond acceptors (Lipinski definition) is 3. The Hall–Kier alpha value is -1.39. The van der Waals surface area contributed by atoms with E-state index in [0.717, 1.165) is 6.92 Å². The maximum Gasteiger partial charge on any atom is 0.275 e. The van der Waals surface area contributed by atoms with Crippen molar-refractivity contribution in [1.29, 1.82) is 0 Å². The Kier molecular flexibility index (Phi) is 3.82. The van der Waals surface area contributed by atoms with E-state index >= 15 is 0 Å². The molecule has 0 fully saturated rings. The lowest BCUT2D eigenvalue weighted by Crippen LogP contribution is -2.34. The third-order valence-corrected chi connectivity index (χ3v) is 2.25. The molecule has 15 heavy (non-hydrogen) atoms. The standard InChI is InChI=1S/C10H10ClNO3/c1-7(13)12(15)10(14)9(11)8-5-3-2-4-6-8/h2-6,9,15H,1H3. The minimum absolute atomic E-state index is 0.0185. The van der Waals surface area contributed by atoms with Gasteiger partial charge in [-0.25, -0.2) is 0 Å². The number of alkyl halides is 1. The van der Waals surface area contributed by atoms with E-state index in [-0.39, 0.29) is 5.06 Å². The Morgan fingerprint density at radius 3 is 2.33 bits per heavy atom. The lowest BCUT2D eigenvalue weighted by atomic mass is 10.1. The number of amides is 2. The van der Waals surface area contributed by atoms with E-state index in [4.69, 9.17) is 16.8 Å². The van der Waals surface area contributed by atoms with Gasteiger partial charge in [0.1, 0.15) is 5.38 Å². The molecule has 1 aromatic rings. The number of hydroxylamine groups is 2. The van der Waals surface area contributed by atoms with Crippen molar-refractivity contribution in [3.8, 4) is 0 Å². The summed E-state index contributed by atoms with van der Waals surface area (Å²) in [6, 6.07) is 8.49. The van der Waals surface area contributed by atoms with Crippen LogP contribution in [0.5, 0.6) is 0 Å². The topological polar surface area (TPSA) is 57.6 Å². The lowest BCUT2D eigenvalue weighted by Gasteiger charge is -2.14. The fourth-order valence-electron chi connectivity index (χ4n) is 1.03. The van der Waals surface area contributed by atoms with Crippen molar-refractivity contribution >= 4 is 23.4 Å². The third kappa shape index (κ3) is 2.78. The summed E-state index contributed by atoms with van der Waals surface area (Å²) >= 11 is 5.79. The number of halogens is 1. The first-order valence-corrected chi connectivity index (χ1v) is 4.70. The van der Waals surface area contributed by atoms with Crippen LogP contribution in [-0.4, -0.2) is 22.1 Å². The number of benzene rings is 1. The van der Waals surface area contributed by atoms with E-state index in [9.17, 15) is 9.59 Å². The predicted octanol–water partition coefficient (Wildman–Crippen LogP) is 1.73. The summed E-state index contributed by atoms with van der Waals surface area (Å²) in [6.07, 6.45) is 0. The summed E-state index contributed by atoms with van der Waals surface area (Å²) in [5, 5.41) is 8.04. The SMILES string of the molecule is CC(=O)N(O)C(=O)C(Cl)c1ccccc1. The zero-order chi connectivity index (χ0) is 11.4. The quantitative estimate of drug-likeness (QED) is 0.476. The van der Waals surface area contributed by atoms with Crippen LogP contribution in [0.1, 0.15) is 17.9 Å². The molecule has 0 aliphatic heterocycles. The first-order valence-electron chi connectivity index (χ1n) is 4.26. The highest BCUT2D eigenvalue weighted by molar-refractivity contribution is 6.31. The second-order valence-corrected chi connectivity index (χ2v) is 3.38. The largest absolute Gasteiger partial charge is 0.278 e. The van der Waals surface area contributed by atoms with Gasteiger partial charge in [0.05, 0.1) is 0 Å². The van der Waals surface area contributed by atoms with Gasteiger partial charge < -0.3 is 0 Å². The second-order valence-electron chi connectivity index (χ2n) is 2.94. The molecule has 0 radical (unpaired) electrons. The van der Waals surface area contributed by atoms with Crippen molar-refractivity contribution in [3.63, 3.8) is 0 Å². The van der Waals surface area contributed by atoms with Gasteiger partial charge in [-0.2, -0.15) is 5.06 Å². The zero-order valence-corrected chi connectivity index (χ0v) is 8.81. The van der Waals surface area contributed by atoms with Crippen LogP contribution in [0.3, 0.4) is 0 Å². The van der Waals surface area contributed by atoms with Gasteiger partial charge >= 0.3 is 0 Å². The van der Waals surface area contributed by atoms with Gasteiger partial charge in [0.25, 0.3) is 5.91 Å². The molecule has 0 aromatic heterocycles. The number of hydrogen-bond donors (Lipinski definition) is 1. The number of rotatable bonds is 2. The zero-order valence-electron chi connectivity index (χ0n) is 8.05. The van der Waals surface area contributed by atoms with E-state index in [1.807, 2.05) is 0 Å². The van der Waals surface area contributed by atoms with Crippen LogP contribution in [-0.2, 0) is 9.59 Å². The van der Waals surface area contributed by atoms with Crippen molar-refractivity contribution in [3.05, 3.63) is 35.9 Å². The van der Waals surface area contributed by atoms with Crippen LogP contribution in [0, 0.1) is 0 Å². The fourth-order valence-corrected chi connectivity index (χ4v) is 1.27. The summed E-state index contributed by atoms with van der Waals surface area (Å²) in [5.74, 6) is -1.61. The number of carbonyl (C=O) groups excluding carboxylic acids is 2. The highest BCUT2D eigenvalue weighted by atomic mass is 35.5. The molecule has 0 spiro atoms. The second kappa shape index (κ2) is 4.91. The van der Waals surface area contributed by atoms with Crippen molar-refractivity contribution in [2.75, 3.05) is 0 Å². The smallest absolute Gasteiger partial charge is 0.275 e. The molecule has 0 heterocycles. The van der Waals surface area contributed by atoms with Crippen LogP contribution in [0.25, 0.3) is 0 Å². The number of imide groups is 1. The van der Waals surface area contributed by atoms with E-state index in [1.54, 1.807) is 30.3 Å². The van der Waals surface area contributed by atoms with Gasteiger partial charge in [-0.3, -0.25) is 14.8 Å². The Bertz CT molecular complexity index is 366. The molecule has 1 unspecified atom stereocenters. The van der Waals surface area contributed by atoms with Crippen LogP contribution in [0.2, 0.25) is 0 Å². The number of nitrogens with zero attached hydrogens (tertiary/aromatic N) is 1. The van der Waals surface area contributed by atoms with Crippen LogP contribution >= 0.6 is 11.6 Å². The number of carbonyl (C=O) groups is 2. The first kappa shape index (κ1) is 11.7. The molecule has 0 saturated carbocycles. The predicted molar refractivity (Wildman–Crippen MR) is 54.3 cm³/mol. The fraction of sp³-hybridized carbons (Fsp3) is 0.200. The average molecular weight is 228 g/mol. The van der Waals surface area contributed by atoms with E-state index in [0.29, 0.717) is 5.56 Å². The molecule has 4 nitrogen and oxygen atoms in total. The van der Waals surface area contributed by atoms with Crippen molar-refractivity contribution in [2.24, 2.45) is 0 Å². The molecule has 1 N–H and O–H groups in total. The van der Waals surface area contributed by atoms with Gasteiger partial charge in [-0.1, -0.05) is 30.3 Å². The maximum atomic E-state index is 11.4. The van der Waals surface area contributed by atoms with E-state index in [2.05, 4.69) is 0 Å². The summed E-state index contributed by atoms with van der Waals surface area (Å²) in [4.78, 5) is 22.1. The first-order chi connectivity index (χ1) is 7.04. The van der Waals surface area contributed by atoms with Gasteiger partial charge in [-0.15, -0.1) is 11.6 Å². The van der Waals surface area contributed by atoms with Gasteiger partial charge in [0.2, 0.25) is 5.91 Å². The van der Waals surface area contributed by atoms with Gasteiger partial charge in [0.15, 0.2) is 0 Å².